The number of nitrogens with one attached hydrogen (secondary N) is 1. The van der Waals surface area contributed by atoms with E-state index in [1.165, 1.54) is 0 Å². The second-order valence-electron chi connectivity index (χ2n) is 0.189. The molecule has 0 aliphatic rings. The van der Waals surface area contributed by atoms with Gasteiger partial charge in [0, 0.05) is 22.9 Å². The van der Waals surface area contributed by atoms with Gasteiger partial charge >= 0.3 is 53.5 Å². The molecule has 0 amide bonds. The summed E-state index contributed by atoms with van der Waals surface area (Å²) in [5.74, 6) is 0. The Labute approximate surface area is 85.4 Å². The summed E-state index contributed by atoms with van der Waals surface area (Å²) < 4.78 is 2.72. The molecular formula is CH9BiINPb. The summed E-state index contributed by atoms with van der Waals surface area (Å²) in [6.07, 6.45) is 0. The van der Waals surface area contributed by atoms with Crippen molar-refractivity contribution < 1.29 is 0 Å². The predicted molar refractivity (Wildman–Crippen MR) is 41.6 cm³/mol. The third-order valence-corrected chi connectivity index (χ3v) is 0. The molecule has 0 rings (SSSR count). The first-order chi connectivity index (χ1) is 1.41. The Morgan fingerprint density at radius 3 is 1.60 bits per heavy atom. The molecule has 0 spiro atoms. The molecule has 0 heterocycles. The van der Waals surface area contributed by atoms with Gasteiger partial charge in [0.1, 0.15) is 0 Å². The van der Waals surface area contributed by atoms with Crippen LogP contribution in [-0.4, -0.2) is 60.5 Å². The van der Waals surface area contributed by atoms with Crippen molar-refractivity contribution in [3.05, 3.63) is 0 Å². The van der Waals surface area contributed by atoms with Crippen LogP contribution in [-0.2, 0) is 0 Å². The van der Waals surface area contributed by atoms with E-state index in [1.807, 2.05) is 29.9 Å². The van der Waals surface area contributed by atoms with Crippen LogP contribution < -0.4 is 3.53 Å². The summed E-state index contributed by atoms with van der Waals surface area (Å²) in [6, 6.07) is 0. The first-order valence-corrected chi connectivity index (χ1v) is 1.77. The second-order valence-corrected chi connectivity index (χ2v) is 1.27. The molecule has 0 aromatic carbocycles. The third-order valence-electron chi connectivity index (χ3n) is 0. The molecule has 0 unspecified atom stereocenters. The molecule has 4 heteroatoms. The second kappa shape index (κ2) is 16.1. The monoisotopic (exact) mass is 579 g/mol. The van der Waals surface area contributed by atoms with E-state index in [0.29, 0.717) is 0 Å². The standard InChI is InChI=1S/CH4IN.Bi.Pb.5H/c1-3-2;;;;;;;/h3H,1H3;;;;;;;. The average Bonchev–Trinajstić information content (AvgIpc) is 0.918. The van der Waals surface area contributed by atoms with E-state index in [4.69, 9.17) is 0 Å². The van der Waals surface area contributed by atoms with Crippen molar-refractivity contribution in [2.45, 2.75) is 0 Å². The predicted octanol–water partition coefficient (Wildman–Crippen LogP) is -1.54. The molecular weight excluding hydrogens is 569 g/mol. The number of hydrogen-bond acceptors (Lipinski definition) is 1. The Kier molecular flexibility index (Phi) is 50.2. The summed E-state index contributed by atoms with van der Waals surface area (Å²) in [5.41, 5.74) is 0. The van der Waals surface area contributed by atoms with Crippen molar-refractivity contribution in [1.29, 1.82) is 0 Å². The summed E-state index contributed by atoms with van der Waals surface area (Å²) >= 11 is 2.04. The molecule has 34 valence electrons. The van der Waals surface area contributed by atoms with Crippen molar-refractivity contribution in [2.75, 3.05) is 7.05 Å². The SMILES string of the molecule is CNI.[BiH3].[PbH2]. The summed E-state index contributed by atoms with van der Waals surface area (Å²) in [6.45, 7) is 0. The van der Waals surface area contributed by atoms with Crippen LogP contribution in [0.3, 0.4) is 0 Å². The Balaban J connectivity index is -0.0000000200. The van der Waals surface area contributed by atoms with E-state index in [-0.39, 0.29) is 53.5 Å². The van der Waals surface area contributed by atoms with E-state index >= 15 is 0 Å². The fourth-order valence-corrected chi connectivity index (χ4v) is 0. The van der Waals surface area contributed by atoms with Crippen LogP contribution in [0.25, 0.3) is 0 Å². The molecule has 0 aromatic rings. The fourth-order valence-electron chi connectivity index (χ4n) is 0. The minimum atomic E-state index is 0. The van der Waals surface area contributed by atoms with Gasteiger partial charge in [-0.15, -0.1) is 0 Å². The molecule has 0 saturated carbocycles. The van der Waals surface area contributed by atoms with Crippen molar-refractivity contribution in [3.8, 4) is 0 Å². The van der Waals surface area contributed by atoms with Crippen molar-refractivity contribution >= 4 is 76.4 Å². The van der Waals surface area contributed by atoms with Gasteiger partial charge in [0.25, 0.3) is 0 Å². The molecule has 5 heavy (non-hydrogen) atoms. The van der Waals surface area contributed by atoms with Crippen LogP contribution in [0.5, 0.6) is 0 Å². The van der Waals surface area contributed by atoms with E-state index in [9.17, 15) is 0 Å². The van der Waals surface area contributed by atoms with E-state index in [0.717, 1.165) is 0 Å². The molecule has 0 aliphatic carbocycles. The topological polar surface area (TPSA) is 12.0 Å². The van der Waals surface area contributed by atoms with Crippen LogP contribution in [0.1, 0.15) is 0 Å². The van der Waals surface area contributed by atoms with Gasteiger partial charge in [0.2, 0.25) is 0 Å². The van der Waals surface area contributed by atoms with Gasteiger partial charge < -0.3 is 0 Å². The van der Waals surface area contributed by atoms with Crippen LogP contribution in [0.4, 0.5) is 0 Å². The summed E-state index contributed by atoms with van der Waals surface area (Å²) in [5, 5.41) is 0. The maximum absolute atomic E-state index is 2.72. The van der Waals surface area contributed by atoms with E-state index in [2.05, 4.69) is 3.53 Å². The Morgan fingerprint density at radius 1 is 1.60 bits per heavy atom. The molecule has 0 saturated heterocycles. The van der Waals surface area contributed by atoms with Crippen LogP contribution in [0, 0.1) is 0 Å². The van der Waals surface area contributed by atoms with Gasteiger partial charge in [-0.1, -0.05) is 0 Å². The third kappa shape index (κ3) is 21.1. The Hall–Kier alpha value is 2.50. The Bertz CT molecular complexity index is 11.6. The van der Waals surface area contributed by atoms with Gasteiger partial charge in [-0.3, -0.25) is 3.53 Å². The molecule has 1 N–H and O–H groups in total. The number of halogens is 1. The normalized spacial score (nSPS) is 3.60. The summed E-state index contributed by atoms with van der Waals surface area (Å²) in [7, 11) is 1.86. The fraction of sp³-hybridized carbons (Fsp3) is 1.00. The van der Waals surface area contributed by atoms with Crippen LogP contribution in [0.15, 0.2) is 0 Å². The Morgan fingerprint density at radius 2 is 1.60 bits per heavy atom. The molecule has 0 bridgehead atoms. The van der Waals surface area contributed by atoms with Crippen molar-refractivity contribution in [1.82, 2.24) is 3.53 Å². The van der Waals surface area contributed by atoms with Crippen molar-refractivity contribution in [2.24, 2.45) is 0 Å². The van der Waals surface area contributed by atoms with E-state index < -0.39 is 0 Å². The minimum absolute atomic E-state index is 0. The first kappa shape index (κ1) is 15.6. The van der Waals surface area contributed by atoms with Gasteiger partial charge in [0.15, 0.2) is 0 Å². The molecule has 0 atom stereocenters. The van der Waals surface area contributed by atoms with Crippen LogP contribution >= 0.6 is 22.9 Å². The average molecular weight is 578 g/mol. The van der Waals surface area contributed by atoms with Crippen molar-refractivity contribution in [3.63, 3.8) is 0 Å². The van der Waals surface area contributed by atoms with Crippen LogP contribution in [0.2, 0.25) is 0 Å². The van der Waals surface area contributed by atoms with E-state index in [1.54, 1.807) is 0 Å². The van der Waals surface area contributed by atoms with Gasteiger partial charge in [-0.25, -0.2) is 0 Å². The molecule has 0 aliphatic heterocycles. The zero-order chi connectivity index (χ0) is 2.71. The number of hydrogen-bond donors (Lipinski definition) is 1. The molecule has 2 radical (unpaired) electrons. The zero-order valence-corrected chi connectivity index (χ0v) is 16.4. The van der Waals surface area contributed by atoms with Gasteiger partial charge in [-0.05, 0) is 7.05 Å². The quantitative estimate of drug-likeness (QED) is 0.209. The molecule has 0 aromatic heterocycles. The summed E-state index contributed by atoms with van der Waals surface area (Å²) in [4.78, 5) is 0. The first-order valence-electron chi connectivity index (χ1n) is 0.689. The molecule has 1 nitrogen and oxygen atoms in total. The maximum atomic E-state index is 2.72. The van der Waals surface area contributed by atoms with Gasteiger partial charge in [0.05, 0.1) is 0 Å². The van der Waals surface area contributed by atoms with Gasteiger partial charge in [-0.2, -0.15) is 0 Å². The number of rotatable bonds is 0. The molecule has 0 fully saturated rings. The zero-order valence-electron chi connectivity index (χ0n) is 3.29.